The topological polar surface area (TPSA) is 38.3 Å². The van der Waals surface area contributed by atoms with Crippen molar-refractivity contribution < 1.29 is 38.4 Å². The first-order valence-corrected chi connectivity index (χ1v) is 9.46. The number of aromatic nitrogens is 2. The second-order valence-electron chi connectivity index (χ2n) is 7.07. The molecule has 25 heavy (non-hydrogen) atoms. The molecule has 1 unspecified atom stereocenters. The second kappa shape index (κ2) is 9.88. The molecule has 2 aromatic rings. The molecular weight excluding hydrogens is 427 g/mol. The lowest BCUT2D eigenvalue weighted by atomic mass is 9.98. The van der Waals surface area contributed by atoms with Gasteiger partial charge in [-0.05, 0) is 31.4 Å². The van der Waals surface area contributed by atoms with Gasteiger partial charge in [0.05, 0.1) is 19.8 Å². The first-order chi connectivity index (χ1) is 11.7. The molecule has 0 aliphatic heterocycles. The normalized spacial score (nSPS) is 16.8. The van der Waals surface area contributed by atoms with Crippen LogP contribution < -0.4 is 28.5 Å². The van der Waals surface area contributed by atoms with Crippen LogP contribution in [0.25, 0.3) is 11.0 Å². The summed E-state index contributed by atoms with van der Waals surface area (Å²) in [6.45, 7) is 3.24. The van der Waals surface area contributed by atoms with Crippen molar-refractivity contribution in [3.05, 3.63) is 30.1 Å². The van der Waals surface area contributed by atoms with Crippen molar-refractivity contribution in [2.75, 3.05) is 6.61 Å². The molecule has 0 amide bonds. The van der Waals surface area contributed by atoms with Gasteiger partial charge in [-0.2, -0.15) is 0 Å². The highest BCUT2D eigenvalue weighted by atomic mass is 127. The molecule has 1 fully saturated rings. The quantitative estimate of drug-likeness (QED) is 0.474. The Morgan fingerprint density at radius 1 is 1.24 bits per heavy atom. The Hall–Kier alpha value is -0.660. The van der Waals surface area contributed by atoms with Crippen LogP contribution in [0.4, 0.5) is 0 Å². The zero-order chi connectivity index (χ0) is 16.9. The largest absolute Gasteiger partial charge is 1.00 e. The lowest BCUT2D eigenvalue weighted by Crippen LogP contribution is -3.00. The minimum Gasteiger partial charge on any atom is -1.00 e. The van der Waals surface area contributed by atoms with Crippen molar-refractivity contribution in [1.29, 1.82) is 0 Å². The van der Waals surface area contributed by atoms with Crippen molar-refractivity contribution in [3.8, 4) is 0 Å². The van der Waals surface area contributed by atoms with Crippen LogP contribution in [0.3, 0.4) is 0 Å². The molecule has 1 N–H and O–H groups in total. The number of fused-ring (bicyclic) bond motifs is 1. The molecule has 1 saturated carbocycles. The summed E-state index contributed by atoms with van der Waals surface area (Å²) < 4.78 is 10.5. The monoisotopic (exact) mass is 458 g/mol. The lowest BCUT2D eigenvalue weighted by molar-refractivity contribution is -0.654. The first-order valence-electron chi connectivity index (χ1n) is 9.46. The van der Waals surface area contributed by atoms with E-state index in [4.69, 9.17) is 4.74 Å². The van der Waals surface area contributed by atoms with Crippen LogP contribution in [-0.4, -0.2) is 28.5 Å². The third kappa shape index (κ3) is 4.95. The van der Waals surface area contributed by atoms with Gasteiger partial charge in [-0.25, -0.2) is 9.13 Å². The van der Waals surface area contributed by atoms with E-state index in [1.54, 1.807) is 0 Å². The van der Waals surface area contributed by atoms with Gasteiger partial charge in [0.25, 0.3) is 5.82 Å². The molecule has 1 aromatic carbocycles. The Morgan fingerprint density at radius 3 is 2.68 bits per heavy atom. The minimum atomic E-state index is -0.460. The summed E-state index contributed by atoms with van der Waals surface area (Å²) in [7, 11) is 2.12. The van der Waals surface area contributed by atoms with E-state index in [0.29, 0.717) is 19.3 Å². The number of aliphatic hydroxyl groups excluding tert-OH is 1. The van der Waals surface area contributed by atoms with Crippen LogP contribution in [0.1, 0.15) is 51.3 Å². The fourth-order valence-electron chi connectivity index (χ4n) is 3.91. The van der Waals surface area contributed by atoms with Crippen molar-refractivity contribution in [3.63, 3.8) is 0 Å². The number of imidazole rings is 1. The summed E-state index contributed by atoms with van der Waals surface area (Å²) in [4.78, 5) is 0. The van der Waals surface area contributed by atoms with Gasteiger partial charge in [-0.3, -0.25) is 0 Å². The predicted octanol–water partition coefficient (Wildman–Crippen LogP) is 0.133. The van der Waals surface area contributed by atoms with Crippen LogP contribution in [-0.2, 0) is 24.8 Å². The van der Waals surface area contributed by atoms with Crippen LogP contribution >= 0.6 is 0 Å². The number of nitrogens with zero attached hydrogens (tertiary/aromatic N) is 2. The molecule has 0 spiro atoms. The van der Waals surface area contributed by atoms with E-state index in [9.17, 15) is 5.11 Å². The lowest BCUT2D eigenvalue weighted by Gasteiger charge is -2.23. The zero-order valence-corrected chi connectivity index (χ0v) is 17.6. The van der Waals surface area contributed by atoms with Crippen LogP contribution in [0.2, 0.25) is 0 Å². The molecule has 1 heterocycles. The average Bonchev–Trinajstić information content (AvgIpc) is 2.87. The zero-order valence-electron chi connectivity index (χ0n) is 15.5. The molecule has 5 heteroatoms. The van der Waals surface area contributed by atoms with Gasteiger partial charge < -0.3 is 33.8 Å². The maximum Gasteiger partial charge on any atom is 0.257 e. The summed E-state index contributed by atoms with van der Waals surface area (Å²) in [5.41, 5.74) is 2.42. The van der Waals surface area contributed by atoms with E-state index in [1.807, 2.05) is 0 Å². The fraction of sp³-hybridized carbons (Fsp3) is 0.650. The molecule has 1 aliphatic carbocycles. The molecule has 1 atom stereocenters. The highest BCUT2D eigenvalue weighted by Crippen LogP contribution is 2.21. The second-order valence-corrected chi connectivity index (χ2v) is 7.07. The standard InChI is InChI=1S/C20H31N2O2.HI/c1-3-9-20-21(2)18-12-7-8-13-19(18)22(20)14-16(23)15-24-17-10-5-4-6-11-17;/h7-8,12-13,16-17,23H,3-6,9-11,14-15H2,1-2H3;1H/q+1;/p-1. The van der Waals surface area contributed by atoms with Crippen molar-refractivity contribution in [2.24, 2.45) is 7.05 Å². The number of para-hydroxylation sites is 2. The van der Waals surface area contributed by atoms with E-state index >= 15 is 0 Å². The molecule has 4 nitrogen and oxygen atoms in total. The van der Waals surface area contributed by atoms with Crippen LogP contribution in [0, 0.1) is 0 Å². The van der Waals surface area contributed by atoms with Crippen molar-refractivity contribution in [1.82, 2.24) is 4.57 Å². The first kappa shape index (κ1) is 20.6. The van der Waals surface area contributed by atoms with Crippen LogP contribution in [0.5, 0.6) is 0 Å². The highest BCUT2D eigenvalue weighted by Gasteiger charge is 2.24. The number of ether oxygens (including phenoxy) is 1. The number of halogens is 1. The van der Waals surface area contributed by atoms with Gasteiger partial charge in [0.15, 0.2) is 11.0 Å². The van der Waals surface area contributed by atoms with E-state index in [1.165, 1.54) is 36.1 Å². The fourth-order valence-corrected chi connectivity index (χ4v) is 3.91. The molecule has 0 bridgehead atoms. The number of hydrogen-bond acceptors (Lipinski definition) is 2. The van der Waals surface area contributed by atoms with E-state index in [2.05, 4.69) is 47.4 Å². The predicted molar refractivity (Wildman–Crippen MR) is 95.9 cm³/mol. The van der Waals surface area contributed by atoms with E-state index < -0.39 is 6.10 Å². The molecule has 140 valence electrons. The summed E-state index contributed by atoms with van der Waals surface area (Å²) >= 11 is 0. The van der Waals surface area contributed by atoms with Crippen molar-refractivity contribution >= 4 is 11.0 Å². The Bertz CT molecular complexity index is 665. The number of aliphatic hydroxyl groups is 1. The molecule has 0 saturated heterocycles. The van der Waals surface area contributed by atoms with E-state index in [-0.39, 0.29) is 24.0 Å². The summed E-state index contributed by atoms with van der Waals surface area (Å²) in [5, 5.41) is 10.5. The average molecular weight is 458 g/mol. The number of rotatable bonds is 7. The van der Waals surface area contributed by atoms with Gasteiger partial charge in [-0.15, -0.1) is 0 Å². The van der Waals surface area contributed by atoms with Gasteiger partial charge >= 0.3 is 0 Å². The number of benzene rings is 1. The molecule has 1 aromatic heterocycles. The van der Waals surface area contributed by atoms with Gasteiger partial charge in [-0.1, -0.05) is 38.3 Å². The van der Waals surface area contributed by atoms with Gasteiger partial charge in [0.1, 0.15) is 12.6 Å². The smallest absolute Gasteiger partial charge is 0.257 e. The minimum absolute atomic E-state index is 0. The summed E-state index contributed by atoms with van der Waals surface area (Å²) in [6, 6.07) is 8.43. The number of hydrogen-bond donors (Lipinski definition) is 1. The number of aryl methyl sites for hydroxylation is 1. The third-order valence-corrected chi connectivity index (χ3v) is 5.18. The van der Waals surface area contributed by atoms with Gasteiger partial charge in [0.2, 0.25) is 0 Å². The Labute approximate surface area is 168 Å². The van der Waals surface area contributed by atoms with Crippen LogP contribution in [0.15, 0.2) is 24.3 Å². The summed E-state index contributed by atoms with van der Waals surface area (Å²) in [5.74, 6) is 1.27. The molecule has 1 aliphatic rings. The third-order valence-electron chi connectivity index (χ3n) is 5.18. The Morgan fingerprint density at radius 2 is 1.96 bits per heavy atom. The van der Waals surface area contributed by atoms with Crippen molar-refractivity contribution in [2.45, 2.75) is 70.6 Å². The van der Waals surface area contributed by atoms with E-state index in [0.717, 1.165) is 25.7 Å². The molecular formula is C20H31IN2O2. The molecule has 0 radical (unpaired) electrons. The SMILES string of the molecule is CCCc1n(CC(O)COC2CCCCC2)c2ccccc2[n+]1C.[I-]. The maximum absolute atomic E-state index is 10.5. The Kier molecular flexibility index (Phi) is 8.16. The maximum atomic E-state index is 10.5. The Balaban J connectivity index is 0.00000225. The van der Waals surface area contributed by atoms with Gasteiger partial charge in [0, 0.05) is 6.42 Å². The highest BCUT2D eigenvalue weighted by molar-refractivity contribution is 5.72. The summed E-state index contributed by atoms with van der Waals surface area (Å²) in [6.07, 6.45) is 8.15. The molecule has 3 rings (SSSR count).